The van der Waals surface area contributed by atoms with Crippen LogP contribution < -0.4 is 0 Å². The van der Waals surface area contributed by atoms with Crippen LogP contribution in [0.2, 0.25) is 0 Å². The average Bonchev–Trinajstić information content (AvgIpc) is 1.82. The first-order valence-corrected chi connectivity index (χ1v) is 4.22. The molecule has 0 spiro atoms. The molecule has 0 radical (unpaired) electrons. The van der Waals surface area contributed by atoms with Gasteiger partial charge < -0.3 is 0 Å². The van der Waals surface area contributed by atoms with Crippen molar-refractivity contribution in [2.24, 2.45) is 0 Å². The Kier molecular flexibility index (Phi) is 5.23. The van der Waals surface area contributed by atoms with Crippen molar-refractivity contribution in [3.63, 3.8) is 0 Å². The van der Waals surface area contributed by atoms with E-state index in [-0.39, 0.29) is 28.2 Å². The van der Waals surface area contributed by atoms with Crippen LogP contribution in [0, 0.1) is 0 Å². The molecule has 62 valence electrons. The molecule has 0 rings (SSSR count). The second-order valence-electron chi connectivity index (χ2n) is 1.86. The fraction of sp³-hybridized carbons (Fsp3) is 0.500. The van der Waals surface area contributed by atoms with E-state index in [1.54, 1.807) is 0 Å². The van der Waals surface area contributed by atoms with Gasteiger partial charge in [0.1, 0.15) is 0 Å². The fourth-order valence-electron chi connectivity index (χ4n) is 0.420. The van der Waals surface area contributed by atoms with Crippen LogP contribution in [0.1, 0.15) is 19.8 Å². The van der Waals surface area contributed by atoms with Crippen molar-refractivity contribution in [2.45, 2.75) is 19.8 Å². The maximum Gasteiger partial charge on any atom is 0.196 e. The molecule has 0 fully saturated rings. The van der Waals surface area contributed by atoms with Crippen LogP contribution in [0.15, 0.2) is 0 Å². The van der Waals surface area contributed by atoms with Gasteiger partial charge in [-0.2, -0.15) is 0 Å². The molecule has 11 heavy (non-hydrogen) atoms. The zero-order valence-corrected chi connectivity index (χ0v) is 7.71. The highest BCUT2D eigenvalue weighted by molar-refractivity contribution is 8.26. The summed E-state index contributed by atoms with van der Waals surface area (Å²) < 4.78 is 0. The Morgan fingerprint density at radius 2 is 1.82 bits per heavy atom. The molecule has 0 heterocycles. The van der Waals surface area contributed by atoms with Crippen molar-refractivity contribution < 1.29 is 14.4 Å². The fourth-order valence-corrected chi connectivity index (χ4v) is 1.06. The lowest BCUT2D eigenvalue weighted by atomic mass is 10.4. The zero-order chi connectivity index (χ0) is 8.85. The smallest absolute Gasteiger partial charge is 0.196 e. The molecular weight excluding hydrogens is 184 g/mol. The van der Waals surface area contributed by atoms with Crippen LogP contribution in [-0.4, -0.2) is 15.3 Å². The van der Waals surface area contributed by atoms with Crippen LogP contribution in [-0.2, 0) is 14.4 Å². The molecule has 5 heteroatoms. The summed E-state index contributed by atoms with van der Waals surface area (Å²) in [6.45, 7) is 1.31. The molecule has 0 aliphatic carbocycles. The maximum absolute atomic E-state index is 10.7. The minimum Gasteiger partial charge on any atom is -0.287 e. The van der Waals surface area contributed by atoms with E-state index in [0.717, 1.165) is 0 Å². The monoisotopic (exact) mass is 192 g/mol. The molecule has 0 saturated heterocycles. The Hall–Kier alpha value is -0.290. The number of carbonyl (C=O) groups excluding carboxylic acids is 3. The van der Waals surface area contributed by atoms with Crippen LogP contribution in [0.25, 0.3) is 0 Å². The van der Waals surface area contributed by atoms with Crippen LogP contribution in [0.5, 0.6) is 0 Å². The van der Waals surface area contributed by atoms with Crippen LogP contribution in [0.3, 0.4) is 0 Å². The van der Waals surface area contributed by atoms with Gasteiger partial charge in [-0.25, -0.2) is 0 Å². The van der Waals surface area contributed by atoms with Crippen molar-refractivity contribution in [1.29, 1.82) is 0 Å². The summed E-state index contributed by atoms with van der Waals surface area (Å²) >= 11 is 4.11. The summed E-state index contributed by atoms with van der Waals surface area (Å²) in [5.41, 5.74) is 0. The van der Waals surface area contributed by atoms with Gasteiger partial charge in [0.25, 0.3) is 0 Å². The minimum absolute atomic E-state index is 0.0899. The van der Waals surface area contributed by atoms with E-state index in [9.17, 15) is 14.4 Å². The van der Waals surface area contributed by atoms with Gasteiger partial charge in [-0.05, 0) is 11.8 Å². The van der Waals surface area contributed by atoms with E-state index in [1.807, 2.05) is 0 Å². The van der Waals surface area contributed by atoms with Crippen molar-refractivity contribution in [2.75, 3.05) is 0 Å². The molecule has 0 amide bonds. The third-order valence-corrected chi connectivity index (χ3v) is 1.74. The Labute approximate surface area is 74.3 Å². The molecular formula is C6H8O3S2. The van der Waals surface area contributed by atoms with E-state index in [0.29, 0.717) is 11.8 Å². The predicted molar refractivity (Wildman–Crippen MR) is 46.5 cm³/mol. The van der Waals surface area contributed by atoms with Crippen molar-refractivity contribution in [1.82, 2.24) is 0 Å². The predicted octanol–water partition coefficient (Wildman–Crippen LogP) is 1.03. The molecule has 0 aromatic rings. The third kappa shape index (κ3) is 7.61. The summed E-state index contributed by atoms with van der Waals surface area (Å²) in [4.78, 5) is 31.3. The maximum atomic E-state index is 10.7. The second-order valence-corrected chi connectivity index (χ2v) is 3.59. The highest BCUT2D eigenvalue weighted by Crippen LogP contribution is 2.08. The van der Waals surface area contributed by atoms with Crippen molar-refractivity contribution >= 4 is 39.7 Å². The molecule has 0 bridgehead atoms. The van der Waals surface area contributed by atoms with E-state index < -0.39 is 0 Å². The van der Waals surface area contributed by atoms with Crippen LogP contribution >= 0.6 is 24.4 Å². The van der Waals surface area contributed by atoms with E-state index in [1.165, 1.54) is 6.92 Å². The number of hydrogen-bond donors (Lipinski definition) is 1. The molecule has 0 saturated carbocycles. The Morgan fingerprint density at radius 1 is 1.27 bits per heavy atom. The minimum atomic E-state index is -0.331. The molecule has 0 aliphatic rings. The second kappa shape index (κ2) is 5.37. The van der Waals surface area contributed by atoms with Crippen molar-refractivity contribution in [3.8, 4) is 0 Å². The van der Waals surface area contributed by atoms with Gasteiger partial charge in [-0.15, -0.1) is 12.6 Å². The largest absolute Gasteiger partial charge is 0.287 e. The molecule has 0 atom stereocenters. The van der Waals surface area contributed by atoms with Gasteiger partial charge in [-0.1, -0.05) is 0 Å². The SMILES string of the molecule is CC(=O)SC(=O)CCC(=O)S. The number of thioether (sulfide) groups is 1. The standard InChI is InChI=1S/C6H8O3S2/c1-4(7)11-6(9)3-2-5(8)10/h2-3H2,1H3,(H,8,10). The topological polar surface area (TPSA) is 51.2 Å². The van der Waals surface area contributed by atoms with Gasteiger partial charge in [0.15, 0.2) is 15.3 Å². The number of carbonyl (C=O) groups is 3. The molecule has 0 N–H and O–H groups in total. The lowest BCUT2D eigenvalue weighted by Gasteiger charge is -1.92. The summed E-state index contributed by atoms with van der Waals surface area (Å²) in [6, 6.07) is 0. The molecule has 0 unspecified atom stereocenters. The zero-order valence-electron chi connectivity index (χ0n) is 5.99. The number of hydrogen-bond acceptors (Lipinski definition) is 4. The van der Waals surface area contributed by atoms with Gasteiger partial charge in [-0.3, -0.25) is 14.4 Å². The van der Waals surface area contributed by atoms with Gasteiger partial charge in [0.05, 0.1) is 0 Å². The average molecular weight is 192 g/mol. The van der Waals surface area contributed by atoms with E-state index in [4.69, 9.17) is 0 Å². The van der Waals surface area contributed by atoms with Gasteiger partial charge in [0, 0.05) is 19.8 Å². The molecule has 0 aromatic carbocycles. The van der Waals surface area contributed by atoms with Crippen molar-refractivity contribution in [3.05, 3.63) is 0 Å². The number of thiol groups is 1. The normalized spacial score (nSPS) is 9.27. The van der Waals surface area contributed by atoms with Crippen LogP contribution in [0.4, 0.5) is 0 Å². The summed E-state index contributed by atoms with van der Waals surface area (Å²) in [5.74, 6) is 0. The summed E-state index contributed by atoms with van der Waals surface area (Å²) in [5, 5.41) is -0.857. The highest BCUT2D eigenvalue weighted by atomic mass is 32.2. The summed E-state index contributed by atoms with van der Waals surface area (Å²) in [6.07, 6.45) is 0.189. The first kappa shape index (κ1) is 10.7. The molecule has 0 aromatic heterocycles. The third-order valence-electron chi connectivity index (χ3n) is 0.801. The quantitative estimate of drug-likeness (QED) is 0.678. The van der Waals surface area contributed by atoms with E-state index >= 15 is 0 Å². The van der Waals surface area contributed by atoms with E-state index in [2.05, 4.69) is 12.6 Å². The highest BCUT2D eigenvalue weighted by Gasteiger charge is 2.07. The van der Waals surface area contributed by atoms with Gasteiger partial charge >= 0.3 is 0 Å². The molecule has 0 aliphatic heterocycles. The lowest BCUT2D eigenvalue weighted by molar-refractivity contribution is -0.116. The first-order chi connectivity index (χ1) is 5.02. The Morgan fingerprint density at radius 3 is 2.18 bits per heavy atom. The Balaban J connectivity index is 3.53. The van der Waals surface area contributed by atoms with Gasteiger partial charge in [0.2, 0.25) is 0 Å². The summed E-state index contributed by atoms with van der Waals surface area (Å²) in [7, 11) is 0. The Bertz CT molecular complexity index is 188. The number of rotatable bonds is 3. The molecule has 3 nitrogen and oxygen atoms in total. The first-order valence-electron chi connectivity index (χ1n) is 2.95. The lowest BCUT2D eigenvalue weighted by Crippen LogP contribution is -1.98.